The van der Waals surface area contributed by atoms with E-state index in [1.165, 1.54) is 12.3 Å². The highest BCUT2D eigenvalue weighted by Gasteiger charge is 2.27. The predicted octanol–water partition coefficient (Wildman–Crippen LogP) is 1.24. The van der Waals surface area contributed by atoms with Crippen LogP contribution in [0.5, 0.6) is 0 Å². The smallest absolute Gasteiger partial charge is 0.269 e. The van der Waals surface area contributed by atoms with E-state index in [-0.39, 0.29) is 24.1 Å². The molecule has 0 radical (unpaired) electrons. The van der Waals surface area contributed by atoms with Gasteiger partial charge in [0.25, 0.3) is 5.91 Å². The molecule has 1 heterocycles. The Morgan fingerprint density at radius 1 is 1.44 bits per heavy atom. The highest BCUT2D eigenvalue weighted by molar-refractivity contribution is 6.30. The number of aromatic nitrogens is 1. The summed E-state index contributed by atoms with van der Waals surface area (Å²) in [6.45, 7) is 3.72. The number of halogens is 1. The fourth-order valence-corrected chi connectivity index (χ4v) is 1.50. The molecule has 18 heavy (non-hydrogen) atoms. The molecule has 98 valence electrons. The van der Waals surface area contributed by atoms with E-state index in [9.17, 15) is 9.59 Å². The van der Waals surface area contributed by atoms with Crippen molar-refractivity contribution in [2.24, 2.45) is 5.41 Å². The Balaban J connectivity index is 2.64. The lowest BCUT2D eigenvalue weighted by molar-refractivity contribution is -0.128. The molecule has 5 nitrogen and oxygen atoms in total. The maximum Gasteiger partial charge on any atom is 0.269 e. The van der Waals surface area contributed by atoms with Crippen LogP contribution in [0.15, 0.2) is 18.3 Å². The lowest BCUT2D eigenvalue weighted by Crippen LogP contribution is -2.43. The van der Waals surface area contributed by atoms with Gasteiger partial charge in [-0.15, -0.1) is 0 Å². The summed E-state index contributed by atoms with van der Waals surface area (Å²) >= 11 is 5.77. The van der Waals surface area contributed by atoms with Gasteiger partial charge in [-0.2, -0.15) is 0 Å². The molecule has 1 aromatic rings. The second-order valence-corrected chi connectivity index (χ2v) is 4.94. The van der Waals surface area contributed by atoms with E-state index in [2.05, 4.69) is 15.6 Å². The minimum Gasteiger partial charge on any atom is -0.359 e. The fourth-order valence-electron chi connectivity index (χ4n) is 1.34. The number of carbonyl (C=O) groups excluding carboxylic acids is 2. The van der Waals surface area contributed by atoms with E-state index in [1.54, 1.807) is 27.0 Å². The van der Waals surface area contributed by atoms with Crippen LogP contribution in [0.1, 0.15) is 24.3 Å². The zero-order chi connectivity index (χ0) is 13.8. The minimum atomic E-state index is -0.678. The first-order valence-corrected chi connectivity index (χ1v) is 5.86. The topological polar surface area (TPSA) is 71.1 Å². The number of hydrogen-bond donors (Lipinski definition) is 2. The highest BCUT2D eigenvalue weighted by Crippen LogP contribution is 2.14. The molecule has 0 aromatic carbocycles. The standard InChI is InChI=1S/C12H16ClN3O2/c1-12(2,11(18)14-3)7-16-10(17)9-6-8(13)4-5-15-9/h4-6H,7H2,1-3H3,(H,14,18)(H,16,17). The summed E-state index contributed by atoms with van der Waals surface area (Å²) in [5.41, 5.74) is -0.446. The summed E-state index contributed by atoms with van der Waals surface area (Å²) in [4.78, 5) is 27.2. The van der Waals surface area contributed by atoms with Crippen molar-refractivity contribution in [3.8, 4) is 0 Å². The second-order valence-electron chi connectivity index (χ2n) is 4.50. The number of carbonyl (C=O) groups is 2. The summed E-state index contributed by atoms with van der Waals surface area (Å²) in [7, 11) is 1.56. The lowest BCUT2D eigenvalue weighted by Gasteiger charge is -2.22. The molecule has 6 heteroatoms. The van der Waals surface area contributed by atoms with E-state index in [1.807, 2.05) is 0 Å². The quantitative estimate of drug-likeness (QED) is 0.864. The first-order chi connectivity index (χ1) is 8.36. The van der Waals surface area contributed by atoms with Crippen LogP contribution in [-0.4, -0.2) is 30.4 Å². The summed E-state index contributed by atoms with van der Waals surface area (Å²) in [6, 6.07) is 3.07. The Morgan fingerprint density at radius 3 is 2.67 bits per heavy atom. The van der Waals surface area contributed by atoms with E-state index in [4.69, 9.17) is 11.6 Å². The first kappa shape index (κ1) is 14.4. The van der Waals surface area contributed by atoms with Crippen LogP contribution >= 0.6 is 11.6 Å². The molecule has 2 amide bonds. The Morgan fingerprint density at radius 2 is 2.11 bits per heavy atom. The molecule has 0 aliphatic heterocycles. The van der Waals surface area contributed by atoms with Gasteiger partial charge in [-0.3, -0.25) is 14.6 Å². The van der Waals surface area contributed by atoms with Gasteiger partial charge in [0.15, 0.2) is 0 Å². The Hall–Kier alpha value is -1.62. The number of rotatable bonds is 4. The van der Waals surface area contributed by atoms with Crippen molar-refractivity contribution in [3.63, 3.8) is 0 Å². The van der Waals surface area contributed by atoms with Crippen LogP contribution in [0.3, 0.4) is 0 Å². The second kappa shape index (κ2) is 5.82. The first-order valence-electron chi connectivity index (χ1n) is 5.49. The average Bonchev–Trinajstić information content (AvgIpc) is 2.35. The van der Waals surface area contributed by atoms with Crippen LogP contribution in [-0.2, 0) is 4.79 Å². The minimum absolute atomic E-state index is 0.137. The SMILES string of the molecule is CNC(=O)C(C)(C)CNC(=O)c1cc(Cl)ccn1. The Kier molecular flexibility index (Phi) is 4.67. The number of pyridine rings is 1. The molecule has 0 unspecified atom stereocenters. The highest BCUT2D eigenvalue weighted by atomic mass is 35.5. The zero-order valence-corrected chi connectivity index (χ0v) is 11.3. The fraction of sp³-hybridized carbons (Fsp3) is 0.417. The molecule has 1 aromatic heterocycles. The molecular formula is C12H16ClN3O2. The molecule has 0 fully saturated rings. The third kappa shape index (κ3) is 3.70. The van der Waals surface area contributed by atoms with Crippen molar-refractivity contribution in [1.82, 2.24) is 15.6 Å². The van der Waals surface area contributed by atoms with Crippen LogP contribution in [0.4, 0.5) is 0 Å². The van der Waals surface area contributed by atoms with Crippen LogP contribution < -0.4 is 10.6 Å². The van der Waals surface area contributed by atoms with Crippen LogP contribution in [0, 0.1) is 5.41 Å². The van der Waals surface area contributed by atoms with Gasteiger partial charge in [0.2, 0.25) is 5.91 Å². The monoisotopic (exact) mass is 269 g/mol. The number of nitrogens with one attached hydrogen (secondary N) is 2. The van der Waals surface area contributed by atoms with Crippen LogP contribution in [0.2, 0.25) is 5.02 Å². The summed E-state index contributed by atoms with van der Waals surface area (Å²) < 4.78 is 0. The molecule has 2 N–H and O–H groups in total. The van der Waals surface area contributed by atoms with E-state index in [0.29, 0.717) is 5.02 Å². The van der Waals surface area contributed by atoms with Gasteiger partial charge in [0, 0.05) is 24.8 Å². The van der Waals surface area contributed by atoms with Gasteiger partial charge < -0.3 is 10.6 Å². The summed E-state index contributed by atoms with van der Waals surface area (Å²) in [5.74, 6) is -0.490. The molecule has 0 bridgehead atoms. The van der Waals surface area contributed by atoms with Crippen molar-refractivity contribution in [1.29, 1.82) is 0 Å². The summed E-state index contributed by atoms with van der Waals surface area (Å²) in [5, 5.41) is 5.66. The van der Waals surface area contributed by atoms with Gasteiger partial charge in [-0.25, -0.2) is 0 Å². The van der Waals surface area contributed by atoms with E-state index < -0.39 is 5.41 Å². The lowest BCUT2D eigenvalue weighted by atomic mass is 9.92. The molecule has 0 spiro atoms. The molecule has 0 aliphatic rings. The van der Waals surface area contributed by atoms with E-state index >= 15 is 0 Å². The van der Waals surface area contributed by atoms with Gasteiger partial charge in [0.1, 0.15) is 5.69 Å². The molecule has 0 saturated heterocycles. The van der Waals surface area contributed by atoms with Gasteiger partial charge in [0.05, 0.1) is 5.41 Å². The molecule has 0 aliphatic carbocycles. The maximum atomic E-state index is 11.8. The number of amides is 2. The molecule has 1 rings (SSSR count). The third-order valence-electron chi connectivity index (χ3n) is 2.49. The largest absolute Gasteiger partial charge is 0.359 e. The van der Waals surface area contributed by atoms with Crippen molar-refractivity contribution in [2.75, 3.05) is 13.6 Å². The van der Waals surface area contributed by atoms with Gasteiger partial charge in [-0.1, -0.05) is 11.6 Å². The molecule has 0 atom stereocenters. The van der Waals surface area contributed by atoms with Crippen molar-refractivity contribution in [2.45, 2.75) is 13.8 Å². The average molecular weight is 270 g/mol. The van der Waals surface area contributed by atoms with Gasteiger partial charge >= 0.3 is 0 Å². The number of hydrogen-bond acceptors (Lipinski definition) is 3. The maximum absolute atomic E-state index is 11.8. The van der Waals surface area contributed by atoms with E-state index in [0.717, 1.165) is 0 Å². The molecule has 0 saturated carbocycles. The normalized spacial score (nSPS) is 10.9. The third-order valence-corrected chi connectivity index (χ3v) is 2.72. The van der Waals surface area contributed by atoms with Crippen molar-refractivity contribution in [3.05, 3.63) is 29.0 Å². The Labute approximate surface area is 111 Å². The number of nitrogens with zero attached hydrogens (tertiary/aromatic N) is 1. The van der Waals surface area contributed by atoms with Gasteiger partial charge in [-0.05, 0) is 26.0 Å². The zero-order valence-electron chi connectivity index (χ0n) is 10.6. The van der Waals surface area contributed by atoms with Crippen LogP contribution in [0.25, 0.3) is 0 Å². The summed E-state index contributed by atoms with van der Waals surface area (Å²) in [6.07, 6.45) is 1.46. The molecular weight excluding hydrogens is 254 g/mol. The Bertz CT molecular complexity index is 460. The van der Waals surface area contributed by atoms with Crippen molar-refractivity contribution >= 4 is 23.4 Å². The van der Waals surface area contributed by atoms with Crippen molar-refractivity contribution < 1.29 is 9.59 Å². The predicted molar refractivity (Wildman–Crippen MR) is 69.4 cm³/mol.